The number of nitrogens with one attached hydrogen (secondary N) is 1. The molecule has 1 unspecified atom stereocenters. The molecule has 6 nitrogen and oxygen atoms in total. The topological polar surface area (TPSA) is 59.4 Å². The van der Waals surface area contributed by atoms with Gasteiger partial charge in [0, 0.05) is 19.3 Å². The molecule has 0 spiro atoms. The molecule has 0 aromatic carbocycles. The zero-order valence-corrected chi connectivity index (χ0v) is 16.8. The maximum atomic E-state index is 13.7. The monoisotopic (exact) mass is 382 g/mol. The first-order valence-electron chi connectivity index (χ1n) is 8.61. The van der Waals surface area contributed by atoms with E-state index in [9.17, 15) is 8.68 Å². The second-order valence-electron chi connectivity index (χ2n) is 7.19. The molecule has 0 aliphatic carbocycles. The summed E-state index contributed by atoms with van der Waals surface area (Å²) in [6.07, 6.45) is 4.64. The van der Waals surface area contributed by atoms with Crippen LogP contribution < -0.4 is 5.32 Å². The van der Waals surface area contributed by atoms with Crippen LogP contribution >= 0.6 is 12.3 Å². The number of halogens is 1. The standard InChI is InChI=1S/C18H27FN4O2S/c1-7-13(20-6)11-14-12(2)23(26-19)16(21-14)15-9-8-10-22(15)17(24)25-18(3,4)5/h7,11,15,20H,1,8-10H2,2-6H3/b13-11+. The number of hydrogen-bond acceptors (Lipinski definition) is 5. The van der Waals surface area contributed by atoms with E-state index in [1.165, 1.54) is 3.97 Å². The van der Waals surface area contributed by atoms with Crippen molar-refractivity contribution < 1.29 is 13.4 Å². The average Bonchev–Trinajstić information content (AvgIpc) is 3.15. The molecule has 1 aromatic heterocycles. The number of ether oxygens (including phenoxy) is 1. The molecule has 1 amide bonds. The number of likely N-dealkylation sites (N-methyl/N-ethyl adjacent to an activating group) is 1. The number of aromatic nitrogens is 2. The van der Waals surface area contributed by atoms with E-state index in [0.717, 1.165) is 18.5 Å². The highest BCUT2D eigenvalue weighted by Gasteiger charge is 2.36. The molecule has 1 fully saturated rings. The summed E-state index contributed by atoms with van der Waals surface area (Å²) in [6.45, 7) is 11.6. The average molecular weight is 383 g/mol. The fraction of sp³-hybridized carbons (Fsp3) is 0.556. The van der Waals surface area contributed by atoms with Crippen LogP contribution in [0.3, 0.4) is 0 Å². The minimum Gasteiger partial charge on any atom is -0.444 e. The van der Waals surface area contributed by atoms with E-state index in [1.54, 1.807) is 24.9 Å². The van der Waals surface area contributed by atoms with Crippen LogP contribution in [0.25, 0.3) is 6.08 Å². The van der Waals surface area contributed by atoms with E-state index in [0.29, 0.717) is 23.8 Å². The number of nitrogens with zero attached hydrogens (tertiary/aromatic N) is 3. The number of allylic oxidation sites excluding steroid dienone is 1. The van der Waals surface area contributed by atoms with Crippen molar-refractivity contribution in [1.82, 2.24) is 19.2 Å². The van der Waals surface area contributed by atoms with E-state index < -0.39 is 11.7 Å². The molecule has 1 aromatic rings. The number of imidazole rings is 1. The summed E-state index contributed by atoms with van der Waals surface area (Å²) in [5.41, 5.74) is 1.52. The molecule has 0 bridgehead atoms. The van der Waals surface area contributed by atoms with Crippen LogP contribution in [0.2, 0.25) is 0 Å². The van der Waals surface area contributed by atoms with Gasteiger partial charge in [0.2, 0.25) is 0 Å². The summed E-state index contributed by atoms with van der Waals surface area (Å²) < 4.78 is 20.6. The Morgan fingerprint density at radius 1 is 1.50 bits per heavy atom. The molecule has 8 heteroatoms. The van der Waals surface area contributed by atoms with Crippen molar-refractivity contribution in [3.63, 3.8) is 0 Å². The van der Waals surface area contributed by atoms with E-state index in [2.05, 4.69) is 16.9 Å². The molecule has 1 atom stereocenters. The normalized spacial score (nSPS) is 18.2. The van der Waals surface area contributed by atoms with E-state index in [4.69, 9.17) is 4.74 Å². The SMILES string of the molecule is C=C/C(=C\c1nc(C2CCCN2C(=O)OC(C)(C)C)n(SF)c1C)NC. The third-order valence-corrected chi connectivity index (χ3v) is 4.77. The Hall–Kier alpha value is -1.96. The second kappa shape index (κ2) is 8.16. The van der Waals surface area contributed by atoms with Crippen molar-refractivity contribution in [2.24, 2.45) is 0 Å². The lowest BCUT2D eigenvalue weighted by Gasteiger charge is -2.28. The Labute approximate surface area is 158 Å². The molecule has 26 heavy (non-hydrogen) atoms. The Morgan fingerprint density at radius 3 is 2.73 bits per heavy atom. The van der Waals surface area contributed by atoms with Gasteiger partial charge in [-0.3, -0.25) is 4.90 Å². The minimum absolute atomic E-state index is 0.0988. The fourth-order valence-electron chi connectivity index (χ4n) is 2.91. The third-order valence-electron chi connectivity index (χ3n) is 4.17. The van der Waals surface area contributed by atoms with Gasteiger partial charge in [-0.1, -0.05) is 6.58 Å². The number of rotatable bonds is 5. The summed E-state index contributed by atoms with van der Waals surface area (Å²) >= 11 is 0.0988. The van der Waals surface area contributed by atoms with Gasteiger partial charge in [0.05, 0.1) is 17.4 Å². The highest BCUT2D eigenvalue weighted by Crippen LogP contribution is 2.36. The maximum absolute atomic E-state index is 13.7. The van der Waals surface area contributed by atoms with Gasteiger partial charge in [-0.25, -0.2) is 13.8 Å². The van der Waals surface area contributed by atoms with Gasteiger partial charge < -0.3 is 10.1 Å². The summed E-state index contributed by atoms with van der Waals surface area (Å²) in [7, 11) is 1.78. The number of likely N-dealkylation sites (tertiary alicyclic amines) is 1. The van der Waals surface area contributed by atoms with E-state index in [1.807, 2.05) is 26.8 Å². The zero-order chi connectivity index (χ0) is 19.5. The summed E-state index contributed by atoms with van der Waals surface area (Å²) in [6, 6.07) is -0.310. The lowest BCUT2D eigenvalue weighted by Crippen LogP contribution is -2.37. The smallest absolute Gasteiger partial charge is 0.410 e. The van der Waals surface area contributed by atoms with Crippen molar-refractivity contribution in [1.29, 1.82) is 0 Å². The van der Waals surface area contributed by atoms with Crippen LogP contribution in [0.1, 0.15) is 56.9 Å². The van der Waals surface area contributed by atoms with Crippen molar-refractivity contribution in [3.8, 4) is 0 Å². The van der Waals surface area contributed by atoms with Gasteiger partial charge in [0.1, 0.15) is 11.4 Å². The number of carbonyl (C=O) groups is 1. The lowest BCUT2D eigenvalue weighted by molar-refractivity contribution is 0.0218. The van der Waals surface area contributed by atoms with Crippen molar-refractivity contribution in [2.45, 2.75) is 52.2 Å². The highest BCUT2D eigenvalue weighted by molar-refractivity contribution is 7.92. The Morgan fingerprint density at radius 2 is 2.19 bits per heavy atom. The molecule has 1 aliphatic heterocycles. The first kappa shape index (κ1) is 20.4. The van der Waals surface area contributed by atoms with Crippen LogP contribution in [0.5, 0.6) is 0 Å². The highest BCUT2D eigenvalue weighted by atomic mass is 32.2. The number of carbonyl (C=O) groups excluding carboxylic acids is 1. The van der Waals surface area contributed by atoms with Gasteiger partial charge in [-0.05, 0) is 52.7 Å². The van der Waals surface area contributed by atoms with Gasteiger partial charge in [0.15, 0.2) is 12.3 Å². The number of amides is 1. The first-order valence-corrected chi connectivity index (χ1v) is 9.29. The van der Waals surface area contributed by atoms with Crippen LogP contribution in [0.15, 0.2) is 18.4 Å². The molecule has 0 radical (unpaired) electrons. The van der Waals surface area contributed by atoms with E-state index in [-0.39, 0.29) is 18.4 Å². The van der Waals surface area contributed by atoms with Crippen LogP contribution in [-0.4, -0.2) is 39.1 Å². The minimum atomic E-state index is -0.579. The van der Waals surface area contributed by atoms with Gasteiger partial charge in [-0.15, -0.1) is 3.89 Å². The quantitative estimate of drug-likeness (QED) is 0.766. The second-order valence-corrected chi connectivity index (χ2v) is 7.69. The van der Waals surface area contributed by atoms with Gasteiger partial charge >= 0.3 is 6.09 Å². The summed E-state index contributed by atoms with van der Waals surface area (Å²) in [4.78, 5) is 18.8. The third kappa shape index (κ3) is 4.41. The lowest BCUT2D eigenvalue weighted by atomic mass is 10.2. The molecule has 144 valence electrons. The fourth-order valence-corrected chi connectivity index (χ4v) is 3.34. The van der Waals surface area contributed by atoms with Gasteiger partial charge in [0.25, 0.3) is 0 Å². The predicted molar refractivity (Wildman–Crippen MR) is 103 cm³/mol. The molecule has 1 aliphatic rings. The van der Waals surface area contributed by atoms with Crippen LogP contribution in [-0.2, 0) is 4.74 Å². The molecular weight excluding hydrogens is 355 g/mol. The molecular formula is C18H27FN4O2S. The number of hydrogen-bond donors (Lipinski definition) is 1. The molecule has 0 saturated carbocycles. The predicted octanol–water partition coefficient (Wildman–Crippen LogP) is 4.39. The van der Waals surface area contributed by atoms with Crippen LogP contribution in [0, 0.1) is 6.92 Å². The van der Waals surface area contributed by atoms with Crippen molar-refractivity contribution in [3.05, 3.63) is 35.6 Å². The molecule has 2 heterocycles. The maximum Gasteiger partial charge on any atom is 0.410 e. The molecule has 1 saturated heterocycles. The Balaban J connectivity index is 2.39. The first-order chi connectivity index (χ1) is 12.2. The summed E-state index contributed by atoms with van der Waals surface area (Å²) in [5.74, 6) is 0.518. The zero-order valence-electron chi connectivity index (χ0n) is 16.0. The van der Waals surface area contributed by atoms with Crippen molar-refractivity contribution in [2.75, 3.05) is 13.6 Å². The van der Waals surface area contributed by atoms with Crippen molar-refractivity contribution >= 4 is 24.5 Å². The Kier molecular flexibility index (Phi) is 6.39. The summed E-state index contributed by atoms with van der Waals surface area (Å²) in [5, 5.41) is 3.01. The largest absolute Gasteiger partial charge is 0.444 e. The molecule has 2 rings (SSSR count). The molecule has 1 N–H and O–H groups in total. The van der Waals surface area contributed by atoms with Crippen LogP contribution in [0.4, 0.5) is 8.68 Å². The Bertz CT molecular complexity index is 709. The van der Waals surface area contributed by atoms with Gasteiger partial charge in [-0.2, -0.15) is 0 Å². The van der Waals surface area contributed by atoms with E-state index >= 15 is 0 Å².